The van der Waals surface area contributed by atoms with Crippen LogP contribution >= 0.6 is 23.4 Å². The van der Waals surface area contributed by atoms with Gasteiger partial charge in [0.1, 0.15) is 0 Å². The Morgan fingerprint density at radius 3 is 2.57 bits per heavy atom. The van der Waals surface area contributed by atoms with Crippen molar-refractivity contribution in [1.82, 2.24) is 20.2 Å². The molecule has 0 radical (unpaired) electrons. The third-order valence-electron chi connectivity index (χ3n) is 5.12. The number of hydrogen-bond acceptors (Lipinski definition) is 7. The Morgan fingerprint density at radius 2 is 1.84 bits per heavy atom. The van der Waals surface area contributed by atoms with E-state index >= 15 is 0 Å². The predicted octanol–water partition coefficient (Wildman–Crippen LogP) is 5.71. The molecule has 186 valence electrons. The van der Waals surface area contributed by atoms with Crippen molar-refractivity contribution in [3.05, 3.63) is 105 Å². The van der Waals surface area contributed by atoms with E-state index in [4.69, 9.17) is 11.6 Å². The van der Waals surface area contributed by atoms with Crippen LogP contribution in [0.3, 0.4) is 0 Å². The zero-order valence-corrected chi connectivity index (χ0v) is 21.2. The molecule has 0 saturated heterocycles. The van der Waals surface area contributed by atoms with Crippen LogP contribution in [-0.4, -0.2) is 37.6 Å². The molecule has 9 nitrogen and oxygen atoms in total. The number of carbonyl (C=O) groups is 1. The van der Waals surface area contributed by atoms with Crippen molar-refractivity contribution in [3.8, 4) is 17.1 Å². The Hall–Kier alpha value is -4.28. The number of amides is 1. The Morgan fingerprint density at radius 1 is 1.11 bits per heavy atom. The number of nitrogens with zero attached hydrogens (tertiary/aromatic N) is 5. The molecule has 0 fully saturated rings. The van der Waals surface area contributed by atoms with Crippen molar-refractivity contribution < 1.29 is 9.72 Å². The number of nitro benzene ring substituents is 1. The molecule has 0 aliphatic heterocycles. The maximum Gasteiger partial charge on any atom is 0.276 e. The second-order valence-electron chi connectivity index (χ2n) is 7.76. The van der Waals surface area contributed by atoms with Crippen LogP contribution in [-0.2, 0) is 4.79 Å². The van der Waals surface area contributed by atoms with Crippen molar-refractivity contribution in [2.45, 2.75) is 12.1 Å². The largest absolute Gasteiger partial charge is 0.276 e. The van der Waals surface area contributed by atoms with Crippen LogP contribution in [0.1, 0.15) is 11.1 Å². The third kappa shape index (κ3) is 6.69. The fraction of sp³-hybridized carbons (Fsp3) is 0.0769. The number of nitrogens with one attached hydrogen (secondary N) is 1. The number of carbonyl (C=O) groups excluding carboxylic acids is 1. The van der Waals surface area contributed by atoms with Gasteiger partial charge < -0.3 is 0 Å². The lowest BCUT2D eigenvalue weighted by Gasteiger charge is -2.10. The van der Waals surface area contributed by atoms with E-state index in [-0.39, 0.29) is 17.3 Å². The second kappa shape index (κ2) is 12.1. The Bertz CT molecular complexity index is 1470. The monoisotopic (exact) mass is 532 g/mol. The van der Waals surface area contributed by atoms with Gasteiger partial charge in [0, 0.05) is 28.6 Å². The number of thioether (sulfide) groups is 1. The molecule has 1 amide bonds. The Labute approximate surface area is 222 Å². The first-order valence-corrected chi connectivity index (χ1v) is 12.4. The summed E-state index contributed by atoms with van der Waals surface area (Å²) in [5, 5.41) is 24.8. The van der Waals surface area contributed by atoms with Gasteiger partial charge in [0.05, 0.1) is 16.2 Å². The van der Waals surface area contributed by atoms with Crippen LogP contribution in [0.2, 0.25) is 5.02 Å². The lowest BCUT2D eigenvalue weighted by molar-refractivity contribution is -0.385. The maximum atomic E-state index is 12.4. The number of hydrazone groups is 1. The average Bonchev–Trinajstić information content (AvgIpc) is 3.32. The van der Waals surface area contributed by atoms with E-state index in [1.54, 1.807) is 36.4 Å². The summed E-state index contributed by atoms with van der Waals surface area (Å²) in [4.78, 5) is 23.0. The van der Waals surface area contributed by atoms with Crippen LogP contribution < -0.4 is 5.43 Å². The molecule has 1 heterocycles. The van der Waals surface area contributed by atoms with Crippen molar-refractivity contribution in [3.63, 3.8) is 0 Å². The van der Waals surface area contributed by atoms with Crippen molar-refractivity contribution >= 4 is 47.2 Å². The van der Waals surface area contributed by atoms with E-state index in [0.29, 0.717) is 21.6 Å². The number of halogens is 1. The third-order valence-corrected chi connectivity index (χ3v) is 6.30. The van der Waals surface area contributed by atoms with Crippen LogP contribution in [0, 0.1) is 17.0 Å². The van der Waals surface area contributed by atoms with Crippen LogP contribution in [0.15, 0.2) is 89.1 Å². The molecular formula is C26H21ClN6O3S. The minimum Gasteiger partial charge on any atom is -0.272 e. The van der Waals surface area contributed by atoms with Gasteiger partial charge in [0.15, 0.2) is 11.0 Å². The first-order chi connectivity index (χ1) is 17.9. The number of aromatic nitrogens is 3. The smallest absolute Gasteiger partial charge is 0.272 e. The molecular weight excluding hydrogens is 512 g/mol. The summed E-state index contributed by atoms with van der Waals surface area (Å²) in [5.41, 5.74) is 5.69. The zero-order chi connectivity index (χ0) is 26.2. The normalized spacial score (nSPS) is 11.3. The summed E-state index contributed by atoms with van der Waals surface area (Å²) in [6.45, 7) is 2.01. The summed E-state index contributed by atoms with van der Waals surface area (Å²) in [6, 6.07) is 21.6. The first kappa shape index (κ1) is 25.8. The van der Waals surface area contributed by atoms with Gasteiger partial charge in [-0.25, -0.2) is 5.43 Å². The van der Waals surface area contributed by atoms with Crippen LogP contribution in [0.4, 0.5) is 5.69 Å². The number of para-hydroxylation sites is 1. The Balaban J connectivity index is 1.44. The van der Waals surface area contributed by atoms with Gasteiger partial charge in [-0.2, -0.15) is 5.10 Å². The van der Waals surface area contributed by atoms with E-state index < -0.39 is 4.92 Å². The van der Waals surface area contributed by atoms with Crippen molar-refractivity contribution in [2.75, 3.05) is 5.75 Å². The molecule has 0 atom stereocenters. The standard InChI is InChI=1S/C26H21ClN6O3S/c1-18-8-10-20(11-9-18)25-30-31-26(32(25)22-14-12-21(27)13-15-22)37-17-24(34)29-28-16-4-6-19-5-2-3-7-23(19)33(35)36/h2-16H,17H2,1H3,(H,29,34)/b6-4-,28-16-. The van der Waals surface area contributed by atoms with Crippen LogP contribution in [0.5, 0.6) is 0 Å². The second-order valence-corrected chi connectivity index (χ2v) is 9.14. The van der Waals surface area contributed by atoms with Gasteiger partial charge in [0.2, 0.25) is 0 Å². The van der Waals surface area contributed by atoms with E-state index in [9.17, 15) is 14.9 Å². The Kier molecular flexibility index (Phi) is 8.44. The lowest BCUT2D eigenvalue weighted by atomic mass is 10.1. The summed E-state index contributed by atoms with van der Waals surface area (Å²) in [7, 11) is 0. The molecule has 0 saturated carbocycles. The molecule has 3 aromatic carbocycles. The highest BCUT2D eigenvalue weighted by Gasteiger charge is 2.17. The maximum absolute atomic E-state index is 12.4. The van der Waals surface area contributed by atoms with Crippen LogP contribution in [0.25, 0.3) is 23.2 Å². The summed E-state index contributed by atoms with van der Waals surface area (Å²) < 4.78 is 1.87. The quantitative estimate of drug-likeness (QED) is 0.128. The highest BCUT2D eigenvalue weighted by Crippen LogP contribution is 2.28. The fourth-order valence-corrected chi connectivity index (χ4v) is 4.20. The van der Waals surface area contributed by atoms with E-state index in [2.05, 4.69) is 20.7 Å². The molecule has 0 unspecified atom stereocenters. The molecule has 1 aromatic heterocycles. The topological polar surface area (TPSA) is 115 Å². The highest BCUT2D eigenvalue weighted by molar-refractivity contribution is 7.99. The predicted molar refractivity (Wildman–Crippen MR) is 146 cm³/mol. The number of hydrogen-bond donors (Lipinski definition) is 1. The van der Waals surface area contributed by atoms with Gasteiger partial charge in [-0.3, -0.25) is 19.5 Å². The van der Waals surface area contributed by atoms with Gasteiger partial charge in [-0.15, -0.1) is 10.2 Å². The van der Waals surface area contributed by atoms with E-state index in [0.717, 1.165) is 16.8 Å². The van der Waals surface area contributed by atoms with E-state index in [1.807, 2.05) is 47.9 Å². The summed E-state index contributed by atoms with van der Waals surface area (Å²) >= 11 is 7.29. The van der Waals surface area contributed by atoms with Crippen molar-refractivity contribution in [1.29, 1.82) is 0 Å². The summed E-state index contributed by atoms with van der Waals surface area (Å²) in [6.07, 6.45) is 4.41. The molecule has 37 heavy (non-hydrogen) atoms. The van der Waals surface area contributed by atoms with Gasteiger partial charge in [-0.05, 0) is 49.4 Å². The van der Waals surface area contributed by atoms with Gasteiger partial charge in [-0.1, -0.05) is 65.3 Å². The number of aryl methyl sites for hydroxylation is 1. The minimum absolute atomic E-state index is 0.0117. The molecule has 4 aromatic rings. The average molecular weight is 533 g/mol. The highest BCUT2D eigenvalue weighted by atomic mass is 35.5. The molecule has 1 N–H and O–H groups in total. The first-order valence-electron chi connectivity index (χ1n) is 11.1. The molecule has 0 spiro atoms. The van der Waals surface area contributed by atoms with E-state index in [1.165, 1.54) is 30.1 Å². The molecule has 4 rings (SSSR count). The fourth-order valence-electron chi connectivity index (χ4n) is 3.33. The number of benzene rings is 3. The van der Waals surface area contributed by atoms with Gasteiger partial charge in [0.25, 0.3) is 11.6 Å². The molecule has 0 bridgehead atoms. The zero-order valence-electron chi connectivity index (χ0n) is 19.6. The number of nitro groups is 1. The van der Waals surface area contributed by atoms with Gasteiger partial charge >= 0.3 is 0 Å². The number of allylic oxidation sites excluding steroid dienone is 1. The lowest BCUT2D eigenvalue weighted by Crippen LogP contribution is -2.19. The molecule has 0 aliphatic rings. The summed E-state index contributed by atoms with van der Waals surface area (Å²) in [5.74, 6) is 0.344. The number of rotatable bonds is 9. The SMILES string of the molecule is Cc1ccc(-c2nnc(SCC(=O)N/N=C\C=C/c3ccccc3[N+](=O)[O-])n2-c2ccc(Cl)cc2)cc1. The molecule has 11 heteroatoms. The van der Waals surface area contributed by atoms with Crippen molar-refractivity contribution in [2.24, 2.45) is 5.10 Å². The molecule has 0 aliphatic carbocycles. The minimum atomic E-state index is -0.456.